The molecule has 2 atom stereocenters. The largest absolute Gasteiger partial charge is 0.444 e. The van der Waals surface area contributed by atoms with Crippen LogP contribution < -0.4 is 15.5 Å². The third-order valence-electron chi connectivity index (χ3n) is 7.87. The molecule has 1 aromatic heterocycles. The molecule has 5 heterocycles. The molecule has 0 aliphatic carbocycles. The van der Waals surface area contributed by atoms with Crippen molar-refractivity contribution in [3.05, 3.63) is 64.6 Å². The van der Waals surface area contributed by atoms with Crippen LogP contribution in [0.3, 0.4) is 0 Å². The molecule has 4 aliphatic rings. The van der Waals surface area contributed by atoms with Crippen LogP contribution in [0.15, 0.2) is 53.3 Å². The van der Waals surface area contributed by atoms with E-state index in [0.29, 0.717) is 37.9 Å². The van der Waals surface area contributed by atoms with Crippen molar-refractivity contribution < 1.29 is 19.1 Å². The summed E-state index contributed by atoms with van der Waals surface area (Å²) in [6, 6.07) is 8.07. The molecular weight excluding hydrogens is 540 g/mol. The van der Waals surface area contributed by atoms with E-state index >= 15 is 0 Å². The Morgan fingerprint density at radius 3 is 2.59 bits per heavy atom. The first-order valence-corrected chi connectivity index (χ1v) is 15.0. The molecule has 10 nitrogen and oxygen atoms in total. The highest BCUT2D eigenvalue weighted by atomic mass is 32.1. The highest BCUT2D eigenvalue weighted by Crippen LogP contribution is 2.47. The summed E-state index contributed by atoms with van der Waals surface area (Å²) >= 11 is 1.44. The van der Waals surface area contributed by atoms with E-state index in [1.807, 2.05) is 70.5 Å². The van der Waals surface area contributed by atoms with Gasteiger partial charge in [0.1, 0.15) is 17.9 Å². The van der Waals surface area contributed by atoms with Gasteiger partial charge in [0.15, 0.2) is 5.13 Å². The van der Waals surface area contributed by atoms with Crippen LogP contribution in [0.4, 0.5) is 15.6 Å². The predicted octanol–water partition coefficient (Wildman–Crippen LogP) is 4.14. The Hall–Kier alpha value is -3.57. The molecule has 1 aromatic carbocycles. The smallest absolute Gasteiger partial charge is 0.410 e. The molecule has 2 amide bonds. The predicted molar refractivity (Wildman–Crippen MR) is 158 cm³/mol. The van der Waals surface area contributed by atoms with Crippen LogP contribution in [0, 0.1) is 0 Å². The van der Waals surface area contributed by atoms with Gasteiger partial charge in [0, 0.05) is 43.8 Å². The van der Waals surface area contributed by atoms with Gasteiger partial charge in [-0.25, -0.2) is 9.78 Å². The number of nitrogens with one attached hydrogen (secondary N) is 2. The molecule has 11 heteroatoms. The lowest BCUT2D eigenvalue weighted by Crippen LogP contribution is -2.51. The molecule has 4 aliphatic heterocycles. The number of epoxide rings is 1. The van der Waals surface area contributed by atoms with Crippen molar-refractivity contribution in [1.82, 2.24) is 25.4 Å². The number of carbonyl (C=O) groups excluding carboxylic acids is 2. The maximum atomic E-state index is 13.4. The minimum absolute atomic E-state index is 0.0160. The molecular formula is C30H38N6O4S. The topological polar surface area (TPSA) is 103 Å². The molecule has 2 N–H and O–H groups in total. The molecule has 0 saturated carbocycles. The Bertz CT molecular complexity index is 1430. The van der Waals surface area contributed by atoms with Crippen molar-refractivity contribution in [1.29, 1.82) is 0 Å². The quantitative estimate of drug-likeness (QED) is 0.511. The van der Waals surface area contributed by atoms with Gasteiger partial charge in [-0.3, -0.25) is 9.69 Å². The number of fused-ring (bicyclic) bond motifs is 1. The zero-order valence-corrected chi connectivity index (χ0v) is 25.3. The van der Waals surface area contributed by atoms with E-state index in [4.69, 9.17) is 14.5 Å². The number of dihydropyridines is 1. The van der Waals surface area contributed by atoms with E-state index < -0.39 is 16.7 Å². The Balaban J connectivity index is 1.18. The number of benzene rings is 1. The Kier molecular flexibility index (Phi) is 6.57. The molecule has 2 fully saturated rings. The molecule has 218 valence electrons. The van der Waals surface area contributed by atoms with Gasteiger partial charge in [0.25, 0.3) is 0 Å². The Morgan fingerprint density at radius 2 is 1.90 bits per heavy atom. The number of nitrogens with zero attached hydrogens (tertiary/aromatic N) is 4. The highest BCUT2D eigenvalue weighted by Gasteiger charge is 2.51. The van der Waals surface area contributed by atoms with Crippen molar-refractivity contribution in [2.75, 3.05) is 37.7 Å². The number of para-hydroxylation sites is 1. The van der Waals surface area contributed by atoms with Crippen molar-refractivity contribution in [3.63, 3.8) is 0 Å². The molecule has 41 heavy (non-hydrogen) atoms. The minimum atomic E-state index is -0.766. The number of rotatable bonds is 5. The number of hydrogen-bond donors (Lipinski definition) is 2. The van der Waals surface area contributed by atoms with Crippen molar-refractivity contribution in [2.24, 2.45) is 0 Å². The van der Waals surface area contributed by atoms with Crippen LogP contribution in [0.1, 0.15) is 52.8 Å². The summed E-state index contributed by atoms with van der Waals surface area (Å²) in [5, 5.41) is 9.61. The number of hydrogen-bond acceptors (Lipinski definition) is 9. The second kappa shape index (κ2) is 9.77. The summed E-state index contributed by atoms with van der Waals surface area (Å²) < 4.78 is 11.6. The van der Waals surface area contributed by atoms with E-state index in [0.717, 1.165) is 28.3 Å². The van der Waals surface area contributed by atoms with Crippen LogP contribution >= 0.6 is 11.3 Å². The summed E-state index contributed by atoms with van der Waals surface area (Å²) in [6.45, 7) is 14.7. The van der Waals surface area contributed by atoms with Gasteiger partial charge in [-0.2, -0.15) is 0 Å². The number of aromatic nitrogens is 1. The monoisotopic (exact) mass is 578 g/mol. The lowest BCUT2D eigenvalue weighted by Gasteiger charge is -2.40. The summed E-state index contributed by atoms with van der Waals surface area (Å²) in [7, 11) is 0. The maximum Gasteiger partial charge on any atom is 0.410 e. The van der Waals surface area contributed by atoms with Crippen LogP contribution in [0.5, 0.6) is 0 Å². The Morgan fingerprint density at radius 1 is 1.20 bits per heavy atom. The zero-order valence-electron chi connectivity index (χ0n) is 24.5. The third-order valence-corrected chi connectivity index (χ3v) is 8.69. The third kappa shape index (κ3) is 5.05. The van der Waals surface area contributed by atoms with Crippen LogP contribution in [0.25, 0.3) is 0 Å². The van der Waals surface area contributed by atoms with E-state index in [9.17, 15) is 9.59 Å². The first-order chi connectivity index (χ1) is 19.4. The summed E-state index contributed by atoms with van der Waals surface area (Å²) in [5.74, 6) is 0.0160. The first-order valence-electron chi connectivity index (χ1n) is 14.1. The first kappa shape index (κ1) is 27.6. The molecule has 0 spiro atoms. The van der Waals surface area contributed by atoms with Gasteiger partial charge in [0.05, 0.1) is 22.5 Å². The van der Waals surface area contributed by atoms with Crippen molar-refractivity contribution in [2.45, 2.75) is 64.3 Å². The van der Waals surface area contributed by atoms with Crippen LogP contribution in [-0.4, -0.2) is 71.2 Å². The van der Waals surface area contributed by atoms with E-state index in [-0.39, 0.29) is 18.0 Å². The SMILES string of the molecule is CC1C=C(N2CCN(C(=O)OC(C)(C)C)CC2)C(NC2(c3csc(N4C(=O)C(C)(C)c5ccccc54)n3)CO2)=CN1. The van der Waals surface area contributed by atoms with Crippen molar-refractivity contribution >= 4 is 34.2 Å². The molecule has 0 radical (unpaired) electrons. The Labute approximate surface area is 245 Å². The number of amides is 2. The summed E-state index contributed by atoms with van der Waals surface area (Å²) in [5.41, 5.74) is 2.71. The standard InChI is InChI=1S/C30H38N6O4S/c1-19-15-23(34-11-13-35(14-12-34)27(38)40-28(2,3)4)21(16-31-19)33-30(18-39-30)24-17-41-26(32-24)36-22-10-8-7-9-20(22)29(5,6)25(36)37/h7-10,15-17,19,31,33H,11-14,18H2,1-6H3. The molecule has 2 aromatic rings. The lowest BCUT2D eigenvalue weighted by molar-refractivity contribution is -0.121. The molecule has 2 saturated heterocycles. The van der Waals surface area contributed by atoms with E-state index in [1.54, 1.807) is 9.80 Å². The minimum Gasteiger partial charge on any atom is -0.444 e. The van der Waals surface area contributed by atoms with Crippen LogP contribution in [0.2, 0.25) is 0 Å². The second-order valence-corrected chi connectivity index (χ2v) is 13.4. The lowest BCUT2D eigenvalue weighted by atomic mass is 9.86. The maximum absolute atomic E-state index is 13.4. The van der Waals surface area contributed by atoms with Gasteiger partial charge in [0.2, 0.25) is 11.6 Å². The number of carbonyl (C=O) groups is 2. The number of piperazine rings is 1. The molecule has 6 rings (SSSR count). The fraction of sp³-hybridized carbons (Fsp3) is 0.500. The van der Waals surface area contributed by atoms with E-state index in [2.05, 4.69) is 28.5 Å². The number of ether oxygens (including phenoxy) is 2. The summed E-state index contributed by atoms with van der Waals surface area (Å²) in [6.07, 6.45) is 3.90. The van der Waals surface area contributed by atoms with Gasteiger partial charge in [-0.15, -0.1) is 11.3 Å². The van der Waals surface area contributed by atoms with Crippen molar-refractivity contribution in [3.8, 4) is 0 Å². The molecule has 0 bridgehead atoms. The van der Waals surface area contributed by atoms with Gasteiger partial charge >= 0.3 is 6.09 Å². The van der Waals surface area contributed by atoms with Crippen LogP contribution in [-0.2, 0) is 25.4 Å². The average Bonchev–Trinajstić information content (AvgIpc) is 3.48. The molecule has 2 unspecified atom stereocenters. The second-order valence-electron chi connectivity index (χ2n) is 12.6. The zero-order chi connectivity index (χ0) is 29.2. The van der Waals surface area contributed by atoms with Gasteiger partial charge in [-0.05, 0) is 59.2 Å². The van der Waals surface area contributed by atoms with Gasteiger partial charge < -0.3 is 29.9 Å². The summed E-state index contributed by atoms with van der Waals surface area (Å²) in [4.78, 5) is 36.7. The fourth-order valence-corrected chi connectivity index (χ4v) is 6.41. The van der Waals surface area contributed by atoms with Gasteiger partial charge in [-0.1, -0.05) is 18.2 Å². The fourth-order valence-electron chi connectivity index (χ4n) is 5.51. The number of thiazole rings is 1. The average molecular weight is 579 g/mol. The number of anilines is 2. The normalized spacial score (nSPS) is 25.3. The highest BCUT2D eigenvalue weighted by molar-refractivity contribution is 7.14. The van der Waals surface area contributed by atoms with E-state index in [1.165, 1.54) is 11.3 Å².